The lowest BCUT2D eigenvalue weighted by Gasteiger charge is -2.13. The lowest BCUT2D eigenvalue weighted by Crippen LogP contribution is -2.06. The second-order valence-electron chi connectivity index (χ2n) is 7.24. The van der Waals surface area contributed by atoms with Gasteiger partial charge in [-0.05, 0) is 23.8 Å². The van der Waals surface area contributed by atoms with E-state index in [-0.39, 0.29) is 35.1 Å². The van der Waals surface area contributed by atoms with E-state index >= 15 is 0 Å². The molecule has 3 aromatic rings. The number of nitro groups is 2. The van der Waals surface area contributed by atoms with Crippen LogP contribution in [0.15, 0.2) is 77.4 Å². The molecule has 0 aliphatic carbocycles. The smallest absolute Gasteiger partial charge is 0.363 e. The fraction of sp³-hybridized carbons (Fsp3) is 0.0833. The zero-order valence-electron chi connectivity index (χ0n) is 18.2. The highest BCUT2D eigenvalue weighted by atomic mass is 16.6. The molecule has 35 heavy (non-hydrogen) atoms. The van der Waals surface area contributed by atoms with Gasteiger partial charge in [-0.1, -0.05) is 30.3 Å². The van der Waals surface area contributed by atoms with Gasteiger partial charge in [0, 0.05) is 35.4 Å². The molecule has 0 aromatic heterocycles. The molecular weight excluding hydrogens is 458 g/mol. The predicted molar refractivity (Wildman–Crippen MR) is 124 cm³/mol. The first-order valence-electron chi connectivity index (χ1n) is 10.2. The molecule has 11 heteroatoms. The van der Waals surface area contributed by atoms with Crippen LogP contribution in [-0.4, -0.2) is 28.8 Å². The van der Waals surface area contributed by atoms with Crippen molar-refractivity contribution in [3.05, 3.63) is 109 Å². The third-order valence-corrected chi connectivity index (χ3v) is 4.95. The number of rotatable bonds is 8. The Kier molecular flexibility index (Phi) is 6.49. The van der Waals surface area contributed by atoms with Crippen LogP contribution in [0.2, 0.25) is 0 Å². The molecule has 0 saturated heterocycles. The van der Waals surface area contributed by atoms with Crippen molar-refractivity contribution in [2.75, 3.05) is 7.11 Å². The second-order valence-corrected chi connectivity index (χ2v) is 7.24. The highest BCUT2D eigenvalue weighted by Crippen LogP contribution is 2.34. The number of carbonyl (C=O) groups excluding carboxylic acids is 1. The third kappa shape index (κ3) is 5.14. The highest BCUT2D eigenvalue weighted by Gasteiger charge is 2.26. The van der Waals surface area contributed by atoms with Gasteiger partial charge in [0.1, 0.15) is 6.61 Å². The topological polar surface area (TPSA) is 143 Å². The number of nitrogens with zero attached hydrogens (tertiary/aromatic N) is 3. The molecule has 176 valence electrons. The quantitative estimate of drug-likeness (QED) is 0.201. The summed E-state index contributed by atoms with van der Waals surface area (Å²) in [5, 5.41) is 22.1. The molecule has 4 rings (SSSR count). The summed E-state index contributed by atoms with van der Waals surface area (Å²) in [5.74, 6) is -0.134. The van der Waals surface area contributed by atoms with Crippen molar-refractivity contribution in [3.63, 3.8) is 0 Å². The van der Waals surface area contributed by atoms with Crippen LogP contribution in [0.5, 0.6) is 11.5 Å². The number of hydrogen-bond donors (Lipinski definition) is 0. The SMILES string of the molecule is COc1cccc(/C=C2\N=C(c3cccc([N+](=O)[O-])c3)OC2=O)c1OCc1cccc([N+](=O)[O-])c1. The number of nitro benzene ring substituents is 2. The summed E-state index contributed by atoms with van der Waals surface area (Å²) >= 11 is 0. The Bertz CT molecular complexity index is 1400. The van der Waals surface area contributed by atoms with Crippen molar-refractivity contribution >= 4 is 29.3 Å². The van der Waals surface area contributed by atoms with Crippen LogP contribution in [0, 0.1) is 20.2 Å². The monoisotopic (exact) mass is 475 g/mol. The van der Waals surface area contributed by atoms with E-state index < -0.39 is 15.8 Å². The van der Waals surface area contributed by atoms with E-state index in [0.29, 0.717) is 22.6 Å². The van der Waals surface area contributed by atoms with Crippen LogP contribution < -0.4 is 9.47 Å². The van der Waals surface area contributed by atoms with E-state index in [9.17, 15) is 25.0 Å². The summed E-state index contributed by atoms with van der Waals surface area (Å²) in [6.45, 7) is 0.00484. The molecule has 1 aliphatic heterocycles. The van der Waals surface area contributed by atoms with Crippen LogP contribution in [-0.2, 0) is 16.1 Å². The second kappa shape index (κ2) is 9.83. The van der Waals surface area contributed by atoms with Gasteiger partial charge in [-0.3, -0.25) is 20.2 Å². The molecule has 0 radical (unpaired) electrons. The molecule has 0 unspecified atom stereocenters. The Morgan fingerprint density at radius 1 is 0.971 bits per heavy atom. The van der Waals surface area contributed by atoms with E-state index in [1.165, 1.54) is 43.5 Å². The first-order chi connectivity index (χ1) is 16.9. The van der Waals surface area contributed by atoms with E-state index in [4.69, 9.17) is 14.2 Å². The first kappa shape index (κ1) is 23.1. The van der Waals surface area contributed by atoms with Crippen molar-refractivity contribution in [2.45, 2.75) is 6.61 Å². The normalized spacial score (nSPS) is 13.8. The Labute approximate surface area is 198 Å². The number of ether oxygens (including phenoxy) is 3. The molecule has 0 saturated carbocycles. The summed E-state index contributed by atoms with van der Waals surface area (Å²) in [5.41, 5.74) is 1.03. The average Bonchev–Trinajstić information content (AvgIpc) is 3.23. The summed E-state index contributed by atoms with van der Waals surface area (Å²) < 4.78 is 16.5. The predicted octanol–water partition coefficient (Wildman–Crippen LogP) is 4.44. The lowest BCUT2D eigenvalue weighted by atomic mass is 10.1. The zero-order valence-corrected chi connectivity index (χ0v) is 18.2. The number of methoxy groups -OCH3 is 1. The van der Waals surface area contributed by atoms with Gasteiger partial charge in [0.2, 0.25) is 5.90 Å². The number of non-ortho nitro benzene ring substituents is 2. The molecule has 0 fully saturated rings. The van der Waals surface area contributed by atoms with E-state index in [2.05, 4.69) is 4.99 Å². The van der Waals surface area contributed by atoms with Crippen molar-refractivity contribution in [2.24, 2.45) is 4.99 Å². The van der Waals surface area contributed by atoms with Crippen molar-refractivity contribution in [3.8, 4) is 11.5 Å². The number of aliphatic imine (C=N–C) groups is 1. The number of esters is 1. The van der Waals surface area contributed by atoms with Crippen LogP contribution >= 0.6 is 0 Å². The van der Waals surface area contributed by atoms with Gasteiger partial charge in [-0.25, -0.2) is 9.79 Å². The Morgan fingerprint density at radius 2 is 1.66 bits per heavy atom. The van der Waals surface area contributed by atoms with Crippen LogP contribution in [0.4, 0.5) is 11.4 Å². The minimum Gasteiger partial charge on any atom is -0.493 e. The maximum atomic E-state index is 12.5. The summed E-state index contributed by atoms with van der Waals surface area (Å²) in [6, 6.07) is 16.6. The van der Waals surface area contributed by atoms with Gasteiger partial charge in [0.15, 0.2) is 17.2 Å². The Hall–Kier alpha value is -5.06. The maximum absolute atomic E-state index is 12.5. The van der Waals surface area contributed by atoms with Gasteiger partial charge in [0.25, 0.3) is 11.4 Å². The first-order valence-corrected chi connectivity index (χ1v) is 10.2. The van der Waals surface area contributed by atoms with Gasteiger partial charge in [-0.15, -0.1) is 0 Å². The molecule has 3 aromatic carbocycles. The molecular formula is C24H17N3O8. The van der Waals surface area contributed by atoms with E-state index in [1.807, 2.05) is 0 Å². The van der Waals surface area contributed by atoms with Gasteiger partial charge in [-0.2, -0.15) is 0 Å². The highest BCUT2D eigenvalue weighted by molar-refractivity contribution is 6.13. The van der Waals surface area contributed by atoms with Gasteiger partial charge >= 0.3 is 5.97 Å². The van der Waals surface area contributed by atoms with Crippen molar-refractivity contribution in [1.82, 2.24) is 0 Å². The minimum atomic E-state index is -0.737. The summed E-state index contributed by atoms with van der Waals surface area (Å²) in [6.07, 6.45) is 1.44. The van der Waals surface area contributed by atoms with Crippen molar-refractivity contribution in [1.29, 1.82) is 0 Å². The number of para-hydroxylation sites is 1. The number of cyclic esters (lactones) is 1. The minimum absolute atomic E-state index is 0.00484. The molecule has 0 N–H and O–H groups in total. The number of benzene rings is 3. The molecule has 1 aliphatic rings. The molecule has 0 amide bonds. The van der Waals surface area contributed by atoms with Crippen LogP contribution in [0.25, 0.3) is 6.08 Å². The van der Waals surface area contributed by atoms with Crippen LogP contribution in [0.3, 0.4) is 0 Å². The summed E-state index contributed by atoms with van der Waals surface area (Å²) in [4.78, 5) is 37.7. The largest absolute Gasteiger partial charge is 0.493 e. The Balaban J connectivity index is 1.65. The fourth-order valence-electron chi connectivity index (χ4n) is 3.31. The molecule has 0 atom stereocenters. The van der Waals surface area contributed by atoms with Crippen molar-refractivity contribution < 1.29 is 28.9 Å². The number of hydrogen-bond acceptors (Lipinski definition) is 9. The lowest BCUT2D eigenvalue weighted by molar-refractivity contribution is -0.385. The standard InChI is InChI=1S/C24H17N3O8/c1-33-21-10-4-6-16(22(21)34-14-15-5-2-8-18(11-15)26(29)30)13-20-24(28)35-23(25-20)17-7-3-9-19(12-17)27(31)32/h2-13H,14H2,1H3/b20-13-. The maximum Gasteiger partial charge on any atom is 0.363 e. The third-order valence-electron chi connectivity index (χ3n) is 4.95. The van der Waals surface area contributed by atoms with Crippen LogP contribution in [0.1, 0.15) is 16.7 Å². The van der Waals surface area contributed by atoms with E-state index in [1.54, 1.807) is 36.4 Å². The number of carbonyl (C=O) groups is 1. The van der Waals surface area contributed by atoms with Gasteiger partial charge < -0.3 is 14.2 Å². The fourth-order valence-corrected chi connectivity index (χ4v) is 3.31. The average molecular weight is 475 g/mol. The van der Waals surface area contributed by atoms with Gasteiger partial charge in [0.05, 0.1) is 17.0 Å². The summed E-state index contributed by atoms with van der Waals surface area (Å²) in [7, 11) is 1.45. The van der Waals surface area contributed by atoms with E-state index in [0.717, 1.165) is 0 Å². The Morgan fingerprint density at radius 3 is 2.37 bits per heavy atom. The molecule has 11 nitrogen and oxygen atoms in total. The molecule has 0 bridgehead atoms. The zero-order chi connectivity index (χ0) is 24.9. The molecule has 1 heterocycles. The molecule has 0 spiro atoms.